The van der Waals surface area contributed by atoms with Crippen LogP contribution in [0.15, 0.2) is 72.8 Å². The predicted octanol–water partition coefficient (Wildman–Crippen LogP) is 5.66. The Kier molecular flexibility index (Phi) is 5.49. The van der Waals surface area contributed by atoms with Crippen molar-refractivity contribution < 1.29 is 9.47 Å². The van der Waals surface area contributed by atoms with Crippen molar-refractivity contribution in [3.8, 4) is 11.5 Å². The molecular formula is C23H21ClN2O2. The van der Waals surface area contributed by atoms with Crippen molar-refractivity contribution in [1.82, 2.24) is 9.55 Å². The molecule has 5 heteroatoms. The normalized spacial score (nSPS) is 10.9. The zero-order valence-electron chi connectivity index (χ0n) is 15.6. The van der Waals surface area contributed by atoms with Crippen LogP contribution in [0.5, 0.6) is 11.5 Å². The third-order valence-corrected chi connectivity index (χ3v) is 4.74. The smallest absolute Gasteiger partial charge is 0.148 e. The third-order valence-electron chi connectivity index (χ3n) is 4.49. The van der Waals surface area contributed by atoms with Crippen LogP contribution in [-0.2, 0) is 13.2 Å². The minimum Gasteiger partial charge on any atom is -0.492 e. The van der Waals surface area contributed by atoms with Gasteiger partial charge in [-0.2, -0.15) is 0 Å². The van der Waals surface area contributed by atoms with Gasteiger partial charge in [-0.25, -0.2) is 4.98 Å². The zero-order chi connectivity index (χ0) is 19.3. The highest BCUT2D eigenvalue weighted by atomic mass is 35.5. The van der Waals surface area contributed by atoms with E-state index in [-0.39, 0.29) is 0 Å². The molecule has 1 heterocycles. The highest BCUT2D eigenvalue weighted by Crippen LogP contribution is 2.20. The Morgan fingerprint density at radius 3 is 2.54 bits per heavy atom. The monoisotopic (exact) mass is 392 g/mol. The Morgan fingerprint density at radius 1 is 0.893 bits per heavy atom. The number of hydrogen-bond donors (Lipinski definition) is 0. The van der Waals surface area contributed by atoms with E-state index < -0.39 is 0 Å². The molecule has 0 spiro atoms. The van der Waals surface area contributed by atoms with Crippen molar-refractivity contribution in [2.45, 2.75) is 20.1 Å². The minimum absolute atomic E-state index is 0.402. The van der Waals surface area contributed by atoms with Crippen molar-refractivity contribution in [3.05, 3.63) is 89.2 Å². The number of hydrogen-bond acceptors (Lipinski definition) is 3. The van der Waals surface area contributed by atoms with Crippen LogP contribution in [0.2, 0.25) is 5.02 Å². The van der Waals surface area contributed by atoms with E-state index in [0.717, 1.165) is 28.4 Å². The molecule has 0 fully saturated rings. The van der Waals surface area contributed by atoms with Crippen molar-refractivity contribution >= 4 is 22.6 Å². The fraction of sp³-hybridized carbons (Fsp3) is 0.174. The van der Waals surface area contributed by atoms with Crippen LogP contribution in [-0.4, -0.2) is 16.2 Å². The molecule has 0 N–H and O–H groups in total. The number of nitrogens with zero attached hydrogens (tertiary/aromatic N) is 2. The lowest BCUT2D eigenvalue weighted by Gasteiger charge is -2.12. The van der Waals surface area contributed by atoms with Crippen LogP contribution in [0, 0.1) is 6.92 Å². The highest BCUT2D eigenvalue weighted by Gasteiger charge is 2.11. The molecular weight excluding hydrogens is 372 g/mol. The van der Waals surface area contributed by atoms with Crippen LogP contribution in [0.4, 0.5) is 0 Å². The molecule has 0 aliphatic rings. The molecule has 0 amide bonds. The molecule has 0 radical (unpaired) electrons. The number of halogens is 1. The fourth-order valence-electron chi connectivity index (χ4n) is 3.12. The SMILES string of the molecule is Cc1cccc(OCc2nc3ccccc3n2CCOc2ccc(Cl)cc2)c1. The van der Waals surface area contributed by atoms with Gasteiger partial charge in [-0.1, -0.05) is 35.9 Å². The van der Waals surface area contributed by atoms with Gasteiger partial charge in [0.15, 0.2) is 0 Å². The number of imidazole rings is 1. The van der Waals surface area contributed by atoms with E-state index in [2.05, 4.69) is 23.6 Å². The van der Waals surface area contributed by atoms with Gasteiger partial charge in [0, 0.05) is 5.02 Å². The summed E-state index contributed by atoms with van der Waals surface area (Å²) < 4.78 is 14.0. The summed E-state index contributed by atoms with van der Waals surface area (Å²) in [6.45, 7) is 3.66. The average molecular weight is 393 g/mol. The molecule has 3 aromatic carbocycles. The summed E-state index contributed by atoms with van der Waals surface area (Å²) >= 11 is 5.93. The summed E-state index contributed by atoms with van der Waals surface area (Å²) in [6.07, 6.45) is 0. The van der Waals surface area contributed by atoms with Crippen molar-refractivity contribution in [2.75, 3.05) is 6.61 Å². The molecule has 28 heavy (non-hydrogen) atoms. The second-order valence-electron chi connectivity index (χ2n) is 6.58. The molecule has 142 valence electrons. The molecule has 4 aromatic rings. The van der Waals surface area contributed by atoms with Crippen LogP contribution in [0.25, 0.3) is 11.0 Å². The van der Waals surface area contributed by atoms with E-state index >= 15 is 0 Å². The Hall–Kier alpha value is -2.98. The molecule has 4 nitrogen and oxygen atoms in total. The lowest BCUT2D eigenvalue weighted by molar-refractivity contribution is 0.272. The van der Waals surface area contributed by atoms with Gasteiger partial charge in [-0.05, 0) is 61.0 Å². The Bertz CT molecular complexity index is 1070. The van der Waals surface area contributed by atoms with Crippen LogP contribution in [0.1, 0.15) is 11.4 Å². The minimum atomic E-state index is 0.402. The standard InChI is InChI=1S/C23H21ClN2O2/c1-17-5-4-6-20(15-17)28-16-23-25-21-7-2-3-8-22(21)26(23)13-14-27-19-11-9-18(24)10-12-19/h2-12,15H,13-14,16H2,1H3. The number of ether oxygens (including phenoxy) is 2. The van der Waals surface area contributed by atoms with E-state index in [1.807, 2.05) is 60.7 Å². The summed E-state index contributed by atoms with van der Waals surface area (Å²) in [7, 11) is 0. The van der Waals surface area contributed by atoms with E-state index in [9.17, 15) is 0 Å². The number of rotatable bonds is 7. The molecule has 0 atom stereocenters. The maximum Gasteiger partial charge on any atom is 0.148 e. The Morgan fingerprint density at radius 2 is 1.71 bits per heavy atom. The maximum absolute atomic E-state index is 5.98. The number of fused-ring (bicyclic) bond motifs is 1. The van der Waals surface area contributed by atoms with E-state index in [1.165, 1.54) is 5.56 Å². The molecule has 4 rings (SSSR count). The average Bonchev–Trinajstić information content (AvgIpc) is 3.06. The van der Waals surface area contributed by atoms with Crippen LogP contribution in [0.3, 0.4) is 0 Å². The van der Waals surface area contributed by atoms with E-state index in [4.69, 9.17) is 26.1 Å². The molecule has 0 saturated heterocycles. The van der Waals surface area contributed by atoms with Gasteiger partial charge < -0.3 is 14.0 Å². The van der Waals surface area contributed by atoms with Crippen molar-refractivity contribution in [2.24, 2.45) is 0 Å². The predicted molar refractivity (Wildman–Crippen MR) is 112 cm³/mol. The van der Waals surface area contributed by atoms with Gasteiger partial charge in [0.05, 0.1) is 17.6 Å². The van der Waals surface area contributed by atoms with Gasteiger partial charge in [-0.15, -0.1) is 0 Å². The second kappa shape index (κ2) is 8.36. The van der Waals surface area contributed by atoms with Crippen molar-refractivity contribution in [3.63, 3.8) is 0 Å². The first-order valence-electron chi connectivity index (χ1n) is 9.21. The van der Waals surface area contributed by atoms with E-state index in [0.29, 0.717) is 24.8 Å². The van der Waals surface area contributed by atoms with Crippen molar-refractivity contribution in [1.29, 1.82) is 0 Å². The zero-order valence-corrected chi connectivity index (χ0v) is 16.4. The molecule has 0 aliphatic carbocycles. The summed E-state index contributed by atoms with van der Waals surface area (Å²) in [5.74, 6) is 2.52. The number of aryl methyl sites for hydroxylation is 1. The van der Waals surface area contributed by atoms with Gasteiger partial charge in [-0.3, -0.25) is 0 Å². The molecule has 0 aliphatic heterocycles. The molecule has 1 aromatic heterocycles. The van der Waals surface area contributed by atoms with Crippen LogP contribution >= 0.6 is 11.6 Å². The number of para-hydroxylation sites is 2. The summed E-state index contributed by atoms with van der Waals surface area (Å²) in [6, 6.07) is 23.5. The first kappa shape index (κ1) is 18.4. The number of aromatic nitrogens is 2. The maximum atomic E-state index is 5.98. The Labute approximate surface area is 169 Å². The van der Waals surface area contributed by atoms with Crippen LogP contribution < -0.4 is 9.47 Å². The topological polar surface area (TPSA) is 36.3 Å². The first-order valence-corrected chi connectivity index (χ1v) is 9.59. The highest BCUT2D eigenvalue weighted by molar-refractivity contribution is 6.30. The molecule has 0 bridgehead atoms. The lowest BCUT2D eigenvalue weighted by atomic mass is 10.2. The lowest BCUT2D eigenvalue weighted by Crippen LogP contribution is -2.13. The van der Waals surface area contributed by atoms with E-state index in [1.54, 1.807) is 0 Å². The first-order chi connectivity index (χ1) is 13.7. The number of benzene rings is 3. The van der Waals surface area contributed by atoms with Gasteiger partial charge in [0.1, 0.15) is 30.5 Å². The van der Waals surface area contributed by atoms with Gasteiger partial charge >= 0.3 is 0 Å². The van der Waals surface area contributed by atoms with Gasteiger partial charge in [0.2, 0.25) is 0 Å². The molecule has 0 saturated carbocycles. The fourth-order valence-corrected chi connectivity index (χ4v) is 3.25. The Balaban J connectivity index is 1.50. The molecule has 0 unspecified atom stereocenters. The second-order valence-corrected chi connectivity index (χ2v) is 7.01. The quantitative estimate of drug-likeness (QED) is 0.407. The summed E-state index contributed by atoms with van der Waals surface area (Å²) in [5, 5.41) is 0.698. The largest absolute Gasteiger partial charge is 0.492 e. The third kappa shape index (κ3) is 4.29. The summed E-state index contributed by atoms with van der Waals surface area (Å²) in [4.78, 5) is 4.75. The summed E-state index contributed by atoms with van der Waals surface area (Å²) in [5.41, 5.74) is 3.20. The van der Waals surface area contributed by atoms with Gasteiger partial charge in [0.25, 0.3) is 0 Å².